The zero-order valence-corrected chi connectivity index (χ0v) is 10.4. The maximum absolute atomic E-state index is 9.35. The van der Waals surface area contributed by atoms with Crippen molar-refractivity contribution < 1.29 is 4.74 Å². The van der Waals surface area contributed by atoms with E-state index in [9.17, 15) is 5.26 Å². The number of hydrogen-bond donors (Lipinski definition) is 1. The maximum atomic E-state index is 9.35. The molecule has 0 spiro atoms. The molecule has 0 atom stereocenters. The first-order chi connectivity index (χ1) is 8.81. The number of rotatable bonds is 1. The fourth-order valence-electron chi connectivity index (χ4n) is 3.21. The van der Waals surface area contributed by atoms with Crippen molar-refractivity contribution >= 4 is 5.82 Å². The molecule has 4 nitrogen and oxygen atoms in total. The Balaban J connectivity index is 2.18. The highest BCUT2D eigenvalue weighted by atomic mass is 16.5. The average Bonchev–Trinajstić information content (AvgIpc) is 2.90. The van der Waals surface area contributed by atoms with E-state index in [0.717, 1.165) is 36.1 Å². The van der Waals surface area contributed by atoms with E-state index < -0.39 is 0 Å². The third-order valence-electron chi connectivity index (χ3n) is 4.06. The lowest BCUT2D eigenvalue weighted by Crippen LogP contribution is -2.18. The van der Waals surface area contributed by atoms with Crippen molar-refractivity contribution in [2.24, 2.45) is 0 Å². The Morgan fingerprint density at radius 3 is 2.83 bits per heavy atom. The minimum absolute atomic E-state index is 0.403. The van der Waals surface area contributed by atoms with Crippen molar-refractivity contribution in [1.29, 1.82) is 5.26 Å². The molecule has 1 aliphatic heterocycles. The van der Waals surface area contributed by atoms with Crippen LogP contribution in [-0.4, -0.2) is 11.6 Å². The number of nitrogens with zero attached hydrogens (tertiary/aromatic N) is 2. The van der Waals surface area contributed by atoms with Crippen molar-refractivity contribution in [2.45, 2.75) is 44.6 Å². The van der Waals surface area contributed by atoms with Crippen LogP contribution in [0, 0.1) is 11.3 Å². The summed E-state index contributed by atoms with van der Waals surface area (Å²) in [5.74, 6) is 0.875. The molecule has 0 unspecified atom stereocenters. The van der Waals surface area contributed by atoms with Gasteiger partial charge in [-0.15, -0.1) is 0 Å². The molecule has 1 aromatic rings. The highest BCUT2D eigenvalue weighted by Gasteiger charge is 2.28. The van der Waals surface area contributed by atoms with Gasteiger partial charge in [-0.05, 0) is 24.3 Å². The Kier molecular flexibility index (Phi) is 2.92. The van der Waals surface area contributed by atoms with Gasteiger partial charge < -0.3 is 10.5 Å². The van der Waals surface area contributed by atoms with E-state index >= 15 is 0 Å². The largest absolute Gasteiger partial charge is 0.383 e. The van der Waals surface area contributed by atoms with Gasteiger partial charge in [0.05, 0.1) is 24.5 Å². The predicted molar refractivity (Wildman–Crippen MR) is 67.9 cm³/mol. The van der Waals surface area contributed by atoms with Crippen LogP contribution in [0.2, 0.25) is 0 Å². The monoisotopic (exact) mass is 243 g/mol. The summed E-state index contributed by atoms with van der Waals surface area (Å²) in [5.41, 5.74) is 9.85. The van der Waals surface area contributed by atoms with Crippen LogP contribution in [0.15, 0.2) is 0 Å². The van der Waals surface area contributed by atoms with Crippen molar-refractivity contribution in [2.75, 3.05) is 12.3 Å². The van der Waals surface area contributed by atoms with Crippen LogP contribution in [0.3, 0.4) is 0 Å². The summed E-state index contributed by atoms with van der Waals surface area (Å²) in [6.07, 6.45) is 5.61. The lowest BCUT2D eigenvalue weighted by Gasteiger charge is -2.24. The normalized spacial score (nSPS) is 19.5. The van der Waals surface area contributed by atoms with E-state index in [1.54, 1.807) is 0 Å². The third kappa shape index (κ3) is 1.75. The summed E-state index contributed by atoms with van der Waals surface area (Å²) in [5, 5.41) is 9.35. The van der Waals surface area contributed by atoms with Crippen molar-refractivity contribution in [1.82, 2.24) is 4.98 Å². The molecule has 94 valence electrons. The number of hydrogen-bond acceptors (Lipinski definition) is 4. The first kappa shape index (κ1) is 11.5. The molecule has 0 amide bonds. The molecule has 2 aliphatic rings. The van der Waals surface area contributed by atoms with Crippen molar-refractivity contribution in [3.8, 4) is 6.07 Å². The molecule has 3 rings (SSSR count). The topological polar surface area (TPSA) is 71.9 Å². The van der Waals surface area contributed by atoms with Crippen LogP contribution in [-0.2, 0) is 17.8 Å². The summed E-state index contributed by atoms with van der Waals surface area (Å²) >= 11 is 0. The van der Waals surface area contributed by atoms with Crippen molar-refractivity contribution in [3.05, 3.63) is 22.4 Å². The summed E-state index contributed by atoms with van der Waals surface area (Å²) in [4.78, 5) is 4.39. The van der Waals surface area contributed by atoms with Gasteiger partial charge in [0.15, 0.2) is 0 Å². The van der Waals surface area contributed by atoms with E-state index in [4.69, 9.17) is 10.5 Å². The summed E-state index contributed by atoms with van der Waals surface area (Å²) in [7, 11) is 0. The lowest BCUT2D eigenvalue weighted by molar-refractivity contribution is 0.108. The molecule has 1 fully saturated rings. The molecule has 1 aliphatic carbocycles. The van der Waals surface area contributed by atoms with Gasteiger partial charge in [0.2, 0.25) is 0 Å². The summed E-state index contributed by atoms with van der Waals surface area (Å²) in [6.45, 7) is 1.29. The summed E-state index contributed by atoms with van der Waals surface area (Å²) < 4.78 is 5.55. The quantitative estimate of drug-likeness (QED) is 0.821. The van der Waals surface area contributed by atoms with Gasteiger partial charge in [0.1, 0.15) is 11.9 Å². The number of nitrogens with two attached hydrogens (primary N) is 1. The molecule has 0 saturated heterocycles. The fourth-order valence-corrected chi connectivity index (χ4v) is 3.21. The van der Waals surface area contributed by atoms with Crippen LogP contribution < -0.4 is 5.73 Å². The smallest absolute Gasteiger partial charge is 0.141 e. The number of pyridine rings is 1. The van der Waals surface area contributed by atoms with Gasteiger partial charge >= 0.3 is 0 Å². The van der Waals surface area contributed by atoms with Crippen LogP contribution in [0.5, 0.6) is 0 Å². The van der Waals surface area contributed by atoms with Gasteiger partial charge in [-0.3, -0.25) is 0 Å². The Labute approximate surface area is 107 Å². The van der Waals surface area contributed by atoms with Gasteiger partial charge in [-0.1, -0.05) is 12.8 Å². The molecule has 4 heteroatoms. The molecule has 1 saturated carbocycles. The number of fused-ring (bicyclic) bond motifs is 1. The second kappa shape index (κ2) is 4.58. The highest BCUT2D eigenvalue weighted by molar-refractivity contribution is 5.58. The predicted octanol–water partition coefficient (Wildman–Crippen LogP) is 2.27. The van der Waals surface area contributed by atoms with Gasteiger partial charge in [0, 0.05) is 12.0 Å². The molecule has 0 radical (unpaired) electrons. The molecule has 18 heavy (non-hydrogen) atoms. The van der Waals surface area contributed by atoms with Crippen LogP contribution >= 0.6 is 0 Å². The maximum Gasteiger partial charge on any atom is 0.141 e. The first-order valence-corrected chi connectivity index (χ1v) is 6.60. The Morgan fingerprint density at radius 2 is 2.11 bits per heavy atom. The molecule has 1 aromatic heterocycles. The molecule has 0 bridgehead atoms. The molecule has 2 N–H and O–H groups in total. The standard InChI is InChI=1S/C14H17N3O/c15-7-10-13(9-3-1-2-4-9)11-8-18-6-5-12(11)17-14(10)16/h9H,1-6,8H2,(H2,16,17). The third-order valence-corrected chi connectivity index (χ3v) is 4.06. The Morgan fingerprint density at radius 1 is 1.33 bits per heavy atom. The van der Waals surface area contributed by atoms with E-state index in [1.807, 2.05) is 0 Å². The van der Waals surface area contributed by atoms with Crippen molar-refractivity contribution in [3.63, 3.8) is 0 Å². The van der Waals surface area contributed by atoms with Gasteiger partial charge in [0.25, 0.3) is 0 Å². The minimum atomic E-state index is 0.403. The molecule has 2 heterocycles. The number of ether oxygens (including phenoxy) is 1. The first-order valence-electron chi connectivity index (χ1n) is 6.60. The number of nitrogen functional groups attached to an aromatic ring is 1. The average molecular weight is 243 g/mol. The molecular weight excluding hydrogens is 226 g/mol. The van der Waals surface area contributed by atoms with E-state index in [-0.39, 0.29) is 0 Å². The number of aromatic nitrogens is 1. The minimum Gasteiger partial charge on any atom is -0.383 e. The number of nitriles is 1. The van der Waals surface area contributed by atoms with Crippen LogP contribution in [0.1, 0.15) is 54.0 Å². The SMILES string of the molecule is N#Cc1c(N)nc2c(c1C1CCCC1)COCC2. The second-order valence-corrected chi connectivity index (χ2v) is 5.11. The number of anilines is 1. The summed E-state index contributed by atoms with van der Waals surface area (Å²) in [6, 6.07) is 2.25. The second-order valence-electron chi connectivity index (χ2n) is 5.11. The van der Waals surface area contributed by atoms with Gasteiger partial charge in [-0.25, -0.2) is 4.98 Å². The Bertz CT molecular complexity index is 513. The lowest BCUT2D eigenvalue weighted by atomic mass is 9.87. The molecular formula is C14H17N3O. The zero-order valence-electron chi connectivity index (χ0n) is 10.4. The fraction of sp³-hybridized carbons (Fsp3) is 0.571. The van der Waals surface area contributed by atoms with Gasteiger partial charge in [-0.2, -0.15) is 5.26 Å². The van der Waals surface area contributed by atoms with E-state index in [2.05, 4.69) is 11.1 Å². The molecule has 0 aromatic carbocycles. The van der Waals surface area contributed by atoms with E-state index in [1.165, 1.54) is 12.8 Å². The van der Waals surface area contributed by atoms with Crippen LogP contribution in [0.25, 0.3) is 0 Å². The van der Waals surface area contributed by atoms with Crippen LogP contribution in [0.4, 0.5) is 5.82 Å². The Hall–Kier alpha value is -1.60. The zero-order chi connectivity index (χ0) is 12.5. The highest BCUT2D eigenvalue weighted by Crippen LogP contribution is 2.40. The van der Waals surface area contributed by atoms with E-state index in [0.29, 0.717) is 30.5 Å².